The third kappa shape index (κ3) is 1.08. The molecule has 2 heterocycles. The summed E-state index contributed by atoms with van der Waals surface area (Å²) in [5.41, 5.74) is -0.0277. The zero-order chi connectivity index (χ0) is 11.3. The van der Waals surface area contributed by atoms with Crippen LogP contribution in [0, 0.1) is 0 Å². The number of hydrogen-bond acceptors (Lipinski definition) is 4. The van der Waals surface area contributed by atoms with Crippen LogP contribution < -0.4 is 11.2 Å². The number of H-pyrrole nitrogens is 1. The molecule has 0 radical (unpaired) electrons. The first-order valence-electron chi connectivity index (χ1n) is 5.30. The van der Waals surface area contributed by atoms with Crippen molar-refractivity contribution < 1.29 is 0 Å². The minimum Gasteiger partial charge on any atom is -0.271 e. The fourth-order valence-electron chi connectivity index (χ4n) is 1.91. The van der Waals surface area contributed by atoms with Gasteiger partial charge in [0.25, 0.3) is 5.56 Å². The molecule has 0 amide bonds. The molecule has 3 rings (SSSR count). The highest BCUT2D eigenvalue weighted by Crippen LogP contribution is 2.34. The number of rotatable bonds is 2. The van der Waals surface area contributed by atoms with Crippen molar-refractivity contribution in [1.29, 1.82) is 0 Å². The molecular weight excluding hydrogens is 210 g/mol. The van der Waals surface area contributed by atoms with Crippen LogP contribution in [0.5, 0.6) is 0 Å². The first kappa shape index (κ1) is 9.32. The van der Waals surface area contributed by atoms with Crippen LogP contribution in [0.15, 0.2) is 9.59 Å². The molecule has 0 bridgehead atoms. The molecule has 7 heteroatoms. The Kier molecular flexibility index (Phi) is 1.77. The van der Waals surface area contributed by atoms with Gasteiger partial charge in [-0.05, 0) is 19.8 Å². The third-order valence-corrected chi connectivity index (χ3v) is 2.87. The lowest BCUT2D eigenvalue weighted by Gasteiger charge is -2.07. The Hall–Kier alpha value is -1.92. The Morgan fingerprint density at radius 2 is 2.12 bits per heavy atom. The summed E-state index contributed by atoms with van der Waals surface area (Å²) in [6, 6.07) is 0.179. The van der Waals surface area contributed by atoms with Crippen molar-refractivity contribution in [2.45, 2.75) is 32.4 Å². The molecule has 1 N–H and O–H groups in total. The highest BCUT2D eigenvalue weighted by atomic mass is 16.2. The fraction of sp³-hybridized carbons (Fsp3) is 0.556. The highest BCUT2D eigenvalue weighted by molar-refractivity contribution is 5.68. The van der Waals surface area contributed by atoms with E-state index in [2.05, 4.69) is 15.4 Å². The topological polar surface area (TPSA) is 85.6 Å². The first-order valence-corrected chi connectivity index (χ1v) is 5.30. The second-order valence-corrected chi connectivity index (χ2v) is 3.93. The molecule has 2 aromatic rings. The van der Waals surface area contributed by atoms with Gasteiger partial charge in [-0.3, -0.25) is 13.9 Å². The van der Waals surface area contributed by atoms with E-state index in [-0.39, 0.29) is 22.8 Å². The van der Waals surface area contributed by atoms with Crippen molar-refractivity contribution >= 4 is 11.2 Å². The molecule has 16 heavy (non-hydrogen) atoms. The summed E-state index contributed by atoms with van der Waals surface area (Å²) in [5.74, 6) is 0. The van der Waals surface area contributed by atoms with E-state index in [0.29, 0.717) is 12.2 Å². The number of aromatic nitrogens is 5. The second kappa shape index (κ2) is 3.03. The molecule has 0 saturated heterocycles. The van der Waals surface area contributed by atoms with Crippen molar-refractivity contribution in [3.8, 4) is 0 Å². The summed E-state index contributed by atoms with van der Waals surface area (Å²) in [7, 11) is 0. The smallest absolute Gasteiger partial charge is 0.271 e. The van der Waals surface area contributed by atoms with E-state index in [9.17, 15) is 9.59 Å². The van der Waals surface area contributed by atoms with Crippen molar-refractivity contribution in [3.05, 3.63) is 20.8 Å². The maximum absolute atomic E-state index is 12.1. The van der Waals surface area contributed by atoms with Gasteiger partial charge in [0.2, 0.25) is 0 Å². The fourth-order valence-corrected chi connectivity index (χ4v) is 1.91. The third-order valence-electron chi connectivity index (χ3n) is 2.87. The molecule has 1 aliphatic rings. The Balaban J connectivity index is 2.51. The lowest BCUT2D eigenvalue weighted by Crippen LogP contribution is -2.39. The van der Waals surface area contributed by atoms with E-state index < -0.39 is 0 Å². The van der Waals surface area contributed by atoms with E-state index in [1.54, 1.807) is 11.5 Å². The van der Waals surface area contributed by atoms with Crippen LogP contribution in [-0.4, -0.2) is 24.5 Å². The van der Waals surface area contributed by atoms with Gasteiger partial charge in [0.05, 0.1) is 0 Å². The standard InChI is InChI=1S/C9H11N5O2/c1-2-13-8(15)6-7(11-12-10-6)14(9(13)16)5-3-4-5/h5H,2-4H2,1H3,(H,10,11,12). The van der Waals surface area contributed by atoms with E-state index in [4.69, 9.17) is 0 Å². The van der Waals surface area contributed by atoms with E-state index in [0.717, 1.165) is 12.8 Å². The summed E-state index contributed by atoms with van der Waals surface area (Å²) < 4.78 is 2.77. The average Bonchev–Trinajstić information content (AvgIpc) is 2.96. The van der Waals surface area contributed by atoms with Crippen LogP contribution in [0.2, 0.25) is 0 Å². The van der Waals surface area contributed by atoms with Gasteiger partial charge < -0.3 is 0 Å². The molecule has 0 atom stereocenters. The molecule has 84 valence electrons. The molecule has 1 saturated carbocycles. The van der Waals surface area contributed by atoms with Crippen molar-refractivity contribution in [2.75, 3.05) is 0 Å². The normalized spacial score (nSPS) is 15.8. The van der Waals surface area contributed by atoms with Crippen LogP contribution in [0.3, 0.4) is 0 Å². The predicted octanol–water partition coefficient (Wildman–Crippen LogP) is -0.364. The van der Waals surface area contributed by atoms with Crippen LogP contribution in [-0.2, 0) is 6.54 Å². The summed E-state index contributed by atoms with van der Waals surface area (Å²) in [5, 5.41) is 10.1. The maximum atomic E-state index is 12.1. The zero-order valence-electron chi connectivity index (χ0n) is 8.80. The molecule has 7 nitrogen and oxygen atoms in total. The lowest BCUT2D eigenvalue weighted by atomic mass is 10.4. The zero-order valence-corrected chi connectivity index (χ0v) is 8.80. The van der Waals surface area contributed by atoms with Crippen LogP contribution in [0.4, 0.5) is 0 Å². The molecule has 2 aromatic heterocycles. The molecule has 0 spiro atoms. The van der Waals surface area contributed by atoms with E-state index in [1.165, 1.54) is 4.57 Å². The minimum atomic E-state index is -0.367. The maximum Gasteiger partial charge on any atom is 0.333 e. The number of fused-ring (bicyclic) bond motifs is 1. The van der Waals surface area contributed by atoms with Gasteiger partial charge in [-0.25, -0.2) is 4.79 Å². The molecule has 0 aliphatic heterocycles. The number of aromatic amines is 1. The molecular formula is C9H11N5O2. The minimum absolute atomic E-state index is 0.179. The van der Waals surface area contributed by atoms with Gasteiger partial charge in [-0.1, -0.05) is 0 Å². The quantitative estimate of drug-likeness (QED) is 0.750. The largest absolute Gasteiger partial charge is 0.333 e. The Labute approximate surface area is 89.7 Å². The molecule has 0 aromatic carbocycles. The predicted molar refractivity (Wildman–Crippen MR) is 56.4 cm³/mol. The van der Waals surface area contributed by atoms with Crippen LogP contribution in [0.25, 0.3) is 11.2 Å². The van der Waals surface area contributed by atoms with Gasteiger partial charge in [0, 0.05) is 12.6 Å². The molecule has 1 aliphatic carbocycles. The van der Waals surface area contributed by atoms with E-state index >= 15 is 0 Å². The van der Waals surface area contributed by atoms with Gasteiger partial charge >= 0.3 is 5.69 Å². The summed E-state index contributed by atoms with van der Waals surface area (Å²) in [4.78, 5) is 23.9. The Morgan fingerprint density at radius 1 is 1.38 bits per heavy atom. The SMILES string of the molecule is CCn1c(=O)c2n[nH]nc2n(C2CC2)c1=O. The Bertz CT molecular complexity index is 661. The van der Waals surface area contributed by atoms with Crippen LogP contribution in [0.1, 0.15) is 25.8 Å². The van der Waals surface area contributed by atoms with Crippen molar-refractivity contribution in [2.24, 2.45) is 0 Å². The van der Waals surface area contributed by atoms with Gasteiger partial charge in [0.1, 0.15) is 0 Å². The lowest BCUT2D eigenvalue weighted by molar-refractivity contribution is 0.597. The number of nitrogens with one attached hydrogen (secondary N) is 1. The molecule has 0 unspecified atom stereocenters. The monoisotopic (exact) mass is 221 g/mol. The highest BCUT2D eigenvalue weighted by Gasteiger charge is 2.29. The summed E-state index contributed by atoms with van der Waals surface area (Å²) >= 11 is 0. The summed E-state index contributed by atoms with van der Waals surface area (Å²) in [6.45, 7) is 2.12. The van der Waals surface area contributed by atoms with Crippen molar-refractivity contribution in [3.63, 3.8) is 0 Å². The van der Waals surface area contributed by atoms with Gasteiger partial charge in [-0.2, -0.15) is 5.21 Å². The van der Waals surface area contributed by atoms with E-state index in [1.807, 2.05) is 0 Å². The van der Waals surface area contributed by atoms with Crippen LogP contribution >= 0.6 is 0 Å². The van der Waals surface area contributed by atoms with Gasteiger partial charge in [0.15, 0.2) is 11.2 Å². The average molecular weight is 221 g/mol. The molecule has 1 fully saturated rings. The first-order chi connectivity index (χ1) is 7.74. The van der Waals surface area contributed by atoms with Gasteiger partial charge in [-0.15, -0.1) is 10.2 Å². The second-order valence-electron chi connectivity index (χ2n) is 3.93. The van der Waals surface area contributed by atoms with Crippen molar-refractivity contribution in [1.82, 2.24) is 24.5 Å². The Morgan fingerprint density at radius 3 is 2.75 bits per heavy atom. The number of nitrogens with zero attached hydrogens (tertiary/aromatic N) is 4. The summed E-state index contributed by atoms with van der Waals surface area (Å²) in [6.07, 6.45) is 1.92. The number of hydrogen-bond donors (Lipinski definition) is 1.